The Morgan fingerprint density at radius 1 is 1.23 bits per heavy atom. The van der Waals surface area contributed by atoms with Crippen LogP contribution in [0.2, 0.25) is 0 Å². The summed E-state index contributed by atoms with van der Waals surface area (Å²) in [6, 6.07) is 9.73. The minimum Gasteiger partial charge on any atom is -0.394 e. The van der Waals surface area contributed by atoms with Crippen molar-refractivity contribution in [3.63, 3.8) is 0 Å². The zero-order chi connectivity index (χ0) is 14.9. The lowest BCUT2D eigenvalue weighted by atomic mass is 9.92. The Bertz CT molecular complexity index is 639. The van der Waals surface area contributed by atoms with E-state index in [4.69, 9.17) is 5.11 Å². The molecule has 1 heterocycles. The van der Waals surface area contributed by atoms with Crippen molar-refractivity contribution in [2.45, 2.75) is 50.7 Å². The van der Waals surface area contributed by atoms with Gasteiger partial charge in [0.25, 0.3) is 0 Å². The maximum atomic E-state index is 9.16. The fraction of sp³-hybridized carbons (Fsp3) is 0.500. The molecule has 2 N–H and O–H groups in total. The van der Waals surface area contributed by atoms with E-state index in [1.807, 2.05) is 10.9 Å². The van der Waals surface area contributed by atoms with Crippen LogP contribution < -0.4 is 5.32 Å². The second-order valence-electron chi connectivity index (χ2n) is 6.48. The molecule has 4 rings (SSSR count). The van der Waals surface area contributed by atoms with Gasteiger partial charge in [-0.05, 0) is 43.2 Å². The van der Waals surface area contributed by atoms with Crippen molar-refractivity contribution in [3.8, 4) is 0 Å². The summed E-state index contributed by atoms with van der Waals surface area (Å²) in [5.74, 6) is 0. The van der Waals surface area contributed by atoms with Crippen LogP contribution in [0.15, 0.2) is 30.5 Å². The molecular weight excluding hydrogens is 274 g/mol. The van der Waals surface area contributed by atoms with E-state index in [-0.39, 0.29) is 6.61 Å². The van der Waals surface area contributed by atoms with Gasteiger partial charge in [-0.25, -0.2) is 0 Å². The van der Waals surface area contributed by atoms with E-state index in [1.165, 1.54) is 35.2 Å². The van der Waals surface area contributed by atoms with E-state index in [1.54, 1.807) is 0 Å². The summed E-state index contributed by atoms with van der Waals surface area (Å²) in [5.41, 5.74) is 5.64. The number of aromatic nitrogens is 2. The zero-order valence-electron chi connectivity index (χ0n) is 12.8. The molecule has 0 amide bonds. The highest BCUT2D eigenvalue weighted by Crippen LogP contribution is 2.32. The molecule has 0 spiro atoms. The normalized spacial score (nSPS) is 20.9. The van der Waals surface area contributed by atoms with Gasteiger partial charge in [-0.3, -0.25) is 4.68 Å². The summed E-state index contributed by atoms with van der Waals surface area (Å²) >= 11 is 0. The third-order valence-corrected chi connectivity index (χ3v) is 5.06. The Hall–Kier alpha value is -1.65. The second kappa shape index (κ2) is 5.86. The van der Waals surface area contributed by atoms with Crippen molar-refractivity contribution in [2.75, 3.05) is 6.61 Å². The van der Waals surface area contributed by atoms with Crippen molar-refractivity contribution in [3.05, 3.63) is 52.8 Å². The van der Waals surface area contributed by atoms with Crippen LogP contribution in [0.4, 0.5) is 0 Å². The van der Waals surface area contributed by atoms with Gasteiger partial charge in [-0.15, -0.1) is 0 Å². The average molecular weight is 297 g/mol. The Kier molecular flexibility index (Phi) is 3.72. The van der Waals surface area contributed by atoms with E-state index in [0.717, 1.165) is 19.3 Å². The molecule has 1 aromatic carbocycles. The number of aliphatic hydroxyl groups is 1. The SMILES string of the molecule is OCCn1ncc2c1CCCC2NC1Cc2ccccc2C1. The molecule has 2 aromatic rings. The molecule has 0 aliphatic heterocycles. The van der Waals surface area contributed by atoms with Crippen LogP contribution in [0.1, 0.15) is 41.3 Å². The Balaban J connectivity index is 1.49. The molecule has 0 radical (unpaired) electrons. The average Bonchev–Trinajstić information content (AvgIpc) is 3.12. The maximum Gasteiger partial charge on any atom is 0.0644 e. The predicted octanol–water partition coefficient (Wildman–Crippen LogP) is 2.01. The molecule has 116 valence electrons. The van der Waals surface area contributed by atoms with Gasteiger partial charge in [-0.2, -0.15) is 5.10 Å². The largest absolute Gasteiger partial charge is 0.394 e. The molecular formula is C18H23N3O. The van der Waals surface area contributed by atoms with E-state index in [9.17, 15) is 0 Å². The molecule has 1 atom stereocenters. The first-order chi connectivity index (χ1) is 10.8. The summed E-state index contributed by atoms with van der Waals surface area (Å²) in [6.07, 6.45) is 7.73. The van der Waals surface area contributed by atoms with E-state index < -0.39 is 0 Å². The first-order valence-corrected chi connectivity index (χ1v) is 8.33. The molecule has 4 nitrogen and oxygen atoms in total. The molecule has 4 heteroatoms. The van der Waals surface area contributed by atoms with Crippen molar-refractivity contribution < 1.29 is 5.11 Å². The maximum absolute atomic E-state index is 9.16. The minimum atomic E-state index is 0.157. The van der Waals surface area contributed by atoms with Gasteiger partial charge in [0.15, 0.2) is 0 Å². The van der Waals surface area contributed by atoms with Crippen LogP contribution in [0.25, 0.3) is 0 Å². The molecule has 0 saturated heterocycles. The van der Waals surface area contributed by atoms with Gasteiger partial charge < -0.3 is 10.4 Å². The van der Waals surface area contributed by atoms with Gasteiger partial charge in [0.1, 0.15) is 0 Å². The number of hydrogen-bond acceptors (Lipinski definition) is 3. The fourth-order valence-corrected chi connectivity index (χ4v) is 4.04. The summed E-state index contributed by atoms with van der Waals surface area (Å²) < 4.78 is 1.98. The van der Waals surface area contributed by atoms with Crippen molar-refractivity contribution in [1.82, 2.24) is 15.1 Å². The zero-order valence-corrected chi connectivity index (χ0v) is 12.8. The van der Waals surface area contributed by atoms with Crippen LogP contribution in [0.5, 0.6) is 0 Å². The van der Waals surface area contributed by atoms with Crippen LogP contribution in [-0.2, 0) is 25.8 Å². The number of hydrogen-bond donors (Lipinski definition) is 2. The fourth-order valence-electron chi connectivity index (χ4n) is 4.04. The number of nitrogens with zero attached hydrogens (tertiary/aromatic N) is 2. The molecule has 0 fully saturated rings. The molecule has 0 saturated carbocycles. The Labute approximate surface area is 131 Å². The topological polar surface area (TPSA) is 50.1 Å². The number of rotatable bonds is 4. The van der Waals surface area contributed by atoms with Crippen molar-refractivity contribution >= 4 is 0 Å². The monoisotopic (exact) mass is 297 g/mol. The van der Waals surface area contributed by atoms with Crippen LogP contribution >= 0.6 is 0 Å². The quantitative estimate of drug-likeness (QED) is 0.907. The molecule has 0 bridgehead atoms. The highest BCUT2D eigenvalue weighted by atomic mass is 16.3. The Morgan fingerprint density at radius 3 is 2.73 bits per heavy atom. The standard InChI is InChI=1S/C18H23N3O/c22-9-8-21-18-7-3-6-17(16(18)12-19-21)20-15-10-13-4-1-2-5-14(13)11-15/h1-2,4-5,12,15,17,20,22H,3,6-11H2. The lowest BCUT2D eigenvalue weighted by Crippen LogP contribution is -2.35. The van der Waals surface area contributed by atoms with Crippen LogP contribution in [0, 0.1) is 0 Å². The molecule has 1 aromatic heterocycles. The van der Waals surface area contributed by atoms with Gasteiger partial charge in [0.05, 0.1) is 19.3 Å². The number of benzene rings is 1. The first kappa shape index (κ1) is 14.0. The molecule has 2 aliphatic rings. The third kappa shape index (κ3) is 2.46. The highest BCUT2D eigenvalue weighted by Gasteiger charge is 2.28. The molecule has 1 unspecified atom stereocenters. The Morgan fingerprint density at radius 2 is 2.00 bits per heavy atom. The lowest BCUT2D eigenvalue weighted by molar-refractivity contribution is 0.266. The third-order valence-electron chi connectivity index (χ3n) is 5.06. The van der Waals surface area contributed by atoms with Crippen LogP contribution in [0.3, 0.4) is 0 Å². The second-order valence-corrected chi connectivity index (χ2v) is 6.48. The van der Waals surface area contributed by atoms with Crippen LogP contribution in [-0.4, -0.2) is 27.5 Å². The van der Waals surface area contributed by atoms with E-state index in [0.29, 0.717) is 18.6 Å². The number of fused-ring (bicyclic) bond motifs is 2. The van der Waals surface area contributed by atoms with Gasteiger partial charge in [-0.1, -0.05) is 24.3 Å². The predicted molar refractivity (Wildman–Crippen MR) is 85.8 cm³/mol. The van der Waals surface area contributed by atoms with Gasteiger partial charge in [0.2, 0.25) is 0 Å². The smallest absolute Gasteiger partial charge is 0.0644 e. The highest BCUT2D eigenvalue weighted by molar-refractivity contribution is 5.34. The minimum absolute atomic E-state index is 0.157. The van der Waals surface area contributed by atoms with Gasteiger partial charge >= 0.3 is 0 Å². The van der Waals surface area contributed by atoms with Gasteiger partial charge in [0, 0.05) is 23.3 Å². The lowest BCUT2D eigenvalue weighted by Gasteiger charge is -2.27. The van der Waals surface area contributed by atoms with E-state index in [2.05, 4.69) is 34.7 Å². The van der Waals surface area contributed by atoms with E-state index >= 15 is 0 Å². The van der Waals surface area contributed by atoms with Crippen molar-refractivity contribution in [2.24, 2.45) is 0 Å². The summed E-state index contributed by atoms with van der Waals surface area (Å²) in [7, 11) is 0. The number of nitrogens with one attached hydrogen (secondary N) is 1. The summed E-state index contributed by atoms with van der Waals surface area (Å²) in [6.45, 7) is 0.765. The van der Waals surface area contributed by atoms with Crippen molar-refractivity contribution in [1.29, 1.82) is 0 Å². The molecule has 2 aliphatic carbocycles. The molecule has 22 heavy (non-hydrogen) atoms. The summed E-state index contributed by atoms with van der Waals surface area (Å²) in [4.78, 5) is 0. The number of aliphatic hydroxyl groups excluding tert-OH is 1. The summed E-state index contributed by atoms with van der Waals surface area (Å²) in [5, 5.41) is 17.5. The first-order valence-electron chi connectivity index (χ1n) is 8.33.